The van der Waals surface area contributed by atoms with Gasteiger partial charge in [0.1, 0.15) is 5.41 Å². The van der Waals surface area contributed by atoms with Crippen LogP contribution in [0.25, 0.3) is 0 Å². The molecule has 5 heteroatoms. The lowest BCUT2D eigenvalue weighted by atomic mass is 10.0. The number of nitriles is 1. The Kier molecular flexibility index (Phi) is 3.28. The molecule has 3 atom stereocenters. The second-order valence-electron chi connectivity index (χ2n) is 5.00. The maximum Gasteiger partial charge on any atom is 0.118 e. The molecule has 0 radical (unpaired) electrons. The van der Waals surface area contributed by atoms with Gasteiger partial charge in [0, 0.05) is 23.2 Å². The molecule has 2 heterocycles. The van der Waals surface area contributed by atoms with Gasteiger partial charge in [-0.1, -0.05) is 24.4 Å². The van der Waals surface area contributed by atoms with E-state index < -0.39 is 5.41 Å². The molecule has 0 aliphatic heterocycles. The number of hydrogen-bond acceptors (Lipinski definition) is 4. The summed E-state index contributed by atoms with van der Waals surface area (Å²) in [5, 5.41) is 11.7. The number of nitrogens with two attached hydrogens (primary N) is 1. The molecule has 2 N–H and O–H groups in total. The third kappa shape index (κ3) is 1.92. The molecule has 0 saturated heterocycles. The van der Waals surface area contributed by atoms with Crippen molar-refractivity contribution in [1.82, 2.24) is 4.98 Å². The first-order chi connectivity index (χ1) is 9.70. The molecule has 0 amide bonds. The van der Waals surface area contributed by atoms with Crippen molar-refractivity contribution in [3.05, 3.63) is 52.5 Å². The fraction of sp³-hybridized carbons (Fsp3) is 0.267. The van der Waals surface area contributed by atoms with Crippen molar-refractivity contribution in [3.8, 4) is 6.07 Å². The third-order valence-corrected chi connectivity index (χ3v) is 5.24. The number of pyridine rings is 1. The smallest absolute Gasteiger partial charge is 0.118 e. The van der Waals surface area contributed by atoms with Gasteiger partial charge in [-0.05, 0) is 35.4 Å². The fourth-order valence-corrected chi connectivity index (χ4v) is 4.07. The molecule has 1 saturated carbocycles. The zero-order valence-corrected chi connectivity index (χ0v) is 12.3. The van der Waals surface area contributed by atoms with Crippen LogP contribution < -0.4 is 5.73 Å². The Morgan fingerprint density at radius 1 is 1.50 bits per heavy atom. The van der Waals surface area contributed by atoms with E-state index in [0.717, 1.165) is 12.0 Å². The molecule has 1 aliphatic rings. The van der Waals surface area contributed by atoms with E-state index >= 15 is 0 Å². The molecule has 0 spiro atoms. The topological polar surface area (TPSA) is 62.7 Å². The molecule has 2 aromatic rings. The summed E-state index contributed by atoms with van der Waals surface area (Å²) in [7, 11) is 0. The molecule has 0 aromatic carbocycles. The highest BCUT2D eigenvalue weighted by molar-refractivity contribution is 7.80. The highest BCUT2D eigenvalue weighted by Gasteiger charge is 2.68. The molecule has 0 bridgehead atoms. The van der Waals surface area contributed by atoms with Crippen LogP contribution in [-0.2, 0) is 6.42 Å². The highest BCUT2D eigenvalue weighted by Crippen LogP contribution is 2.65. The van der Waals surface area contributed by atoms with Crippen LogP contribution >= 0.6 is 23.6 Å². The summed E-state index contributed by atoms with van der Waals surface area (Å²) in [6.07, 6.45) is 4.38. The highest BCUT2D eigenvalue weighted by atomic mass is 32.1. The lowest BCUT2D eigenvalue weighted by molar-refractivity contribution is 0.735. The lowest BCUT2D eigenvalue weighted by Gasteiger charge is -2.06. The fourth-order valence-electron chi connectivity index (χ4n) is 2.98. The lowest BCUT2D eigenvalue weighted by Crippen LogP contribution is -2.24. The van der Waals surface area contributed by atoms with Crippen LogP contribution in [0.1, 0.15) is 16.4 Å². The SMILES string of the molecule is N#C[C@]1(C(N)=S)[C@H](c2cccnc2)[C@@H]1Cc1cccs1. The Balaban J connectivity index is 1.95. The van der Waals surface area contributed by atoms with Crippen molar-refractivity contribution in [2.75, 3.05) is 0 Å². The number of nitrogens with zero attached hydrogens (tertiary/aromatic N) is 2. The van der Waals surface area contributed by atoms with Gasteiger partial charge in [0.15, 0.2) is 0 Å². The van der Waals surface area contributed by atoms with Crippen molar-refractivity contribution < 1.29 is 0 Å². The van der Waals surface area contributed by atoms with Gasteiger partial charge >= 0.3 is 0 Å². The number of aromatic nitrogens is 1. The first-order valence-corrected chi connectivity index (χ1v) is 7.62. The maximum atomic E-state index is 9.62. The normalized spacial score (nSPS) is 27.8. The predicted octanol–water partition coefficient (Wildman–Crippen LogP) is 2.90. The number of rotatable bonds is 4. The molecular formula is C15H13N3S2. The molecule has 1 fully saturated rings. The Morgan fingerprint density at radius 3 is 2.90 bits per heavy atom. The van der Waals surface area contributed by atoms with E-state index in [4.69, 9.17) is 18.0 Å². The average molecular weight is 299 g/mol. The van der Waals surface area contributed by atoms with Gasteiger partial charge in [0.05, 0.1) is 11.1 Å². The van der Waals surface area contributed by atoms with E-state index in [1.54, 1.807) is 17.5 Å². The molecule has 2 aromatic heterocycles. The zero-order valence-electron chi connectivity index (χ0n) is 10.7. The van der Waals surface area contributed by atoms with Crippen LogP contribution in [0.15, 0.2) is 42.0 Å². The summed E-state index contributed by atoms with van der Waals surface area (Å²) >= 11 is 6.88. The Bertz CT molecular complexity index is 660. The van der Waals surface area contributed by atoms with Crippen LogP contribution in [0.2, 0.25) is 0 Å². The minimum Gasteiger partial charge on any atom is -0.392 e. The monoisotopic (exact) mass is 299 g/mol. The average Bonchev–Trinajstić information content (AvgIpc) is 2.81. The van der Waals surface area contributed by atoms with Crippen molar-refractivity contribution >= 4 is 28.5 Å². The quantitative estimate of drug-likeness (QED) is 0.882. The predicted molar refractivity (Wildman–Crippen MR) is 83.3 cm³/mol. The summed E-state index contributed by atoms with van der Waals surface area (Å²) in [6, 6.07) is 10.4. The largest absolute Gasteiger partial charge is 0.392 e. The summed E-state index contributed by atoms with van der Waals surface area (Å²) < 4.78 is 0. The van der Waals surface area contributed by atoms with Crippen molar-refractivity contribution in [2.24, 2.45) is 17.1 Å². The Hall–Kier alpha value is -1.77. The minimum atomic E-state index is -0.720. The maximum absolute atomic E-state index is 9.62. The van der Waals surface area contributed by atoms with Gasteiger partial charge in [0.2, 0.25) is 0 Å². The van der Waals surface area contributed by atoms with Crippen LogP contribution in [-0.4, -0.2) is 9.97 Å². The third-order valence-electron chi connectivity index (χ3n) is 4.01. The van der Waals surface area contributed by atoms with Gasteiger partial charge in [-0.15, -0.1) is 11.3 Å². The molecule has 0 unspecified atom stereocenters. The summed E-state index contributed by atoms with van der Waals surface area (Å²) in [6.45, 7) is 0. The standard InChI is InChI=1S/C15H13N3S2/c16-9-15(14(17)19)12(7-11-4-2-6-20-11)13(15)10-3-1-5-18-8-10/h1-6,8,12-13H,7H2,(H2,17,19)/t12-,13+,15+/m0/s1. The van der Waals surface area contributed by atoms with Crippen LogP contribution in [0.4, 0.5) is 0 Å². The molecular weight excluding hydrogens is 286 g/mol. The molecule has 20 heavy (non-hydrogen) atoms. The Labute approximate surface area is 127 Å². The van der Waals surface area contributed by atoms with Gasteiger partial charge < -0.3 is 5.73 Å². The molecule has 100 valence electrons. The van der Waals surface area contributed by atoms with E-state index in [1.165, 1.54) is 4.88 Å². The van der Waals surface area contributed by atoms with Crippen molar-refractivity contribution in [1.29, 1.82) is 5.26 Å². The van der Waals surface area contributed by atoms with Gasteiger partial charge in [-0.25, -0.2) is 0 Å². The molecule has 3 nitrogen and oxygen atoms in total. The minimum absolute atomic E-state index is 0.0563. The second kappa shape index (κ2) is 4.97. The van der Waals surface area contributed by atoms with Crippen molar-refractivity contribution in [2.45, 2.75) is 12.3 Å². The van der Waals surface area contributed by atoms with Crippen LogP contribution in [0.3, 0.4) is 0 Å². The van der Waals surface area contributed by atoms with E-state index in [-0.39, 0.29) is 11.8 Å². The van der Waals surface area contributed by atoms with Gasteiger partial charge in [-0.3, -0.25) is 4.98 Å². The second-order valence-corrected chi connectivity index (χ2v) is 6.47. The van der Waals surface area contributed by atoms with Crippen LogP contribution in [0, 0.1) is 22.7 Å². The first kappa shape index (κ1) is 13.2. The molecule has 1 aliphatic carbocycles. The molecule has 3 rings (SSSR count). The van der Waals surface area contributed by atoms with Crippen molar-refractivity contribution in [3.63, 3.8) is 0 Å². The first-order valence-electron chi connectivity index (χ1n) is 6.33. The van der Waals surface area contributed by atoms with E-state index in [1.807, 2.05) is 29.8 Å². The summed E-state index contributed by atoms with van der Waals surface area (Å²) in [4.78, 5) is 5.71. The van der Waals surface area contributed by atoms with E-state index in [0.29, 0.717) is 4.99 Å². The van der Waals surface area contributed by atoms with Gasteiger partial charge in [0.25, 0.3) is 0 Å². The number of thiophene rings is 1. The Morgan fingerprint density at radius 2 is 2.35 bits per heavy atom. The summed E-state index contributed by atoms with van der Waals surface area (Å²) in [5.74, 6) is 0.202. The van der Waals surface area contributed by atoms with E-state index in [9.17, 15) is 5.26 Å². The van der Waals surface area contributed by atoms with Gasteiger partial charge in [-0.2, -0.15) is 5.26 Å². The van der Waals surface area contributed by atoms with E-state index in [2.05, 4.69) is 17.1 Å². The summed E-state index contributed by atoms with van der Waals surface area (Å²) in [5.41, 5.74) is 6.21. The zero-order chi connectivity index (χ0) is 14.2. The number of thiocarbonyl (C=S) groups is 1. The number of hydrogen-bond donors (Lipinski definition) is 1. The van der Waals surface area contributed by atoms with Crippen LogP contribution in [0.5, 0.6) is 0 Å².